The van der Waals surface area contributed by atoms with E-state index in [0.717, 1.165) is 6.42 Å². The van der Waals surface area contributed by atoms with Gasteiger partial charge in [-0.05, 0) is 13.3 Å². The number of hydrogen-bond donors (Lipinski definition) is 1. The molecule has 1 nitrogen and oxygen atoms in total. The second kappa shape index (κ2) is 4.13. The Bertz CT molecular complexity index is 33.2. The highest BCUT2D eigenvalue weighted by atomic mass is 14.6. The normalized spacial score (nSPS) is 14.1. The summed E-state index contributed by atoms with van der Waals surface area (Å²) in [7, 11) is 0. The predicted octanol–water partition coefficient (Wildman–Crippen LogP) is 1.34. The Kier molecular flexibility index (Phi) is 4.10. The molecule has 0 spiro atoms. The summed E-state index contributed by atoms with van der Waals surface area (Å²) in [5, 5.41) is 0. The number of nitrogens with two attached hydrogens (primary N) is 1. The molecule has 7 heavy (non-hydrogen) atoms. The van der Waals surface area contributed by atoms with Crippen molar-refractivity contribution < 1.29 is 0 Å². The van der Waals surface area contributed by atoms with E-state index in [1.807, 2.05) is 0 Å². The minimum atomic E-state index is 0.153. The molecule has 1 heteroatoms. The fourth-order valence-electron chi connectivity index (χ4n) is 0.466. The van der Waals surface area contributed by atoms with Crippen LogP contribution in [-0.2, 0) is 0 Å². The molecule has 0 fully saturated rings. The predicted molar refractivity (Wildman–Crippen MR) is 32.9 cm³/mol. The van der Waals surface area contributed by atoms with E-state index in [0.29, 0.717) is 0 Å². The summed E-state index contributed by atoms with van der Waals surface area (Å²) in [6, 6.07) is 0.153. The SMILES string of the molecule is [CH2]C(N)CCCC. The second-order valence-corrected chi connectivity index (χ2v) is 1.90. The summed E-state index contributed by atoms with van der Waals surface area (Å²) in [5.41, 5.74) is 5.37. The highest BCUT2D eigenvalue weighted by molar-refractivity contribution is 4.60. The maximum atomic E-state index is 5.37. The summed E-state index contributed by atoms with van der Waals surface area (Å²) in [4.78, 5) is 0. The van der Waals surface area contributed by atoms with Crippen molar-refractivity contribution in [3.8, 4) is 0 Å². The average molecular weight is 100 g/mol. The van der Waals surface area contributed by atoms with Crippen LogP contribution in [0, 0.1) is 6.92 Å². The van der Waals surface area contributed by atoms with Crippen molar-refractivity contribution in [2.45, 2.75) is 32.2 Å². The van der Waals surface area contributed by atoms with Crippen molar-refractivity contribution >= 4 is 0 Å². The highest BCUT2D eigenvalue weighted by Gasteiger charge is 1.88. The molecule has 0 aliphatic rings. The summed E-state index contributed by atoms with van der Waals surface area (Å²) in [5.74, 6) is 0. The quantitative estimate of drug-likeness (QED) is 0.569. The molecule has 0 saturated heterocycles. The zero-order chi connectivity index (χ0) is 5.70. The Labute approximate surface area is 45.9 Å². The van der Waals surface area contributed by atoms with Crippen LogP contribution in [0.3, 0.4) is 0 Å². The van der Waals surface area contributed by atoms with E-state index in [4.69, 9.17) is 5.73 Å². The zero-order valence-corrected chi connectivity index (χ0v) is 4.98. The molecule has 0 amide bonds. The number of hydrogen-bond acceptors (Lipinski definition) is 1. The van der Waals surface area contributed by atoms with Gasteiger partial charge in [0.05, 0.1) is 0 Å². The molecule has 2 N–H and O–H groups in total. The smallest absolute Gasteiger partial charge is 0.00394 e. The second-order valence-electron chi connectivity index (χ2n) is 1.90. The van der Waals surface area contributed by atoms with Gasteiger partial charge in [0, 0.05) is 6.04 Å². The van der Waals surface area contributed by atoms with Crippen LogP contribution in [0.25, 0.3) is 0 Å². The van der Waals surface area contributed by atoms with E-state index in [1.54, 1.807) is 0 Å². The van der Waals surface area contributed by atoms with Gasteiger partial charge < -0.3 is 5.73 Å². The fraction of sp³-hybridized carbons (Fsp3) is 0.833. The average Bonchev–Trinajstić information content (AvgIpc) is 1.61. The Balaban J connectivity index is 2.68. The molecule has 0 aromatic heterocycles. The van der Waals surface area contributed by atoms with Crippen LogP contribution in [0.4, 0.5) is 0 Å². The maximum Gasteiger partial charge on any atom is 0.00394 e. The number of rotatable bonds is 3. The molecule has 0 aliphatic carbocycles. The Morgan fingerprint density at radius 1 is 1.71 bits per heavy atom. The van der Waals surface area contributed by atoms with E-state index in [2.05, 4.69) is 13.8 Å². The Hall–Kier alpha value is -0.0400. The lowest BCUT2D eigenvalue weighted by molar-refractivity contribution is 0.653. The molecule has 1 atom stereocenters. The van der Waals surface area contributed by atoms with Crippen LogP contribution >= 0.6 is 0 Å². The standard InChI is InChI=1S/C6H14N/c1-3-4-5-6(2)7/h6H,2-5,7H2,1H3. The summed E-state index contributed by atoms with van der Waals surface area (Å²) < 4.78 is 0. The molecule has 0 aromatic rings. The lowest BCUT2D eigenvalue weighted by Gasteiger charge is -1.99. The van der Waals surface area contributed by atoms with Crippen LogP contribution < -0.4 is 5.73 Å². The van der Waals surface area contributed by atoms with Crippen molar-refractivity contribution in [1.29, 1.82) is 0 Å². The molecule has 1 radical (unpaired) electrons. The molecule has 43 valence electrons. The van der Waals surface area contributed by atoms with Crippen LogP contribution in [0.15, 0.2) is 0 Å². The third-order valence-corrected chi connectivity index (χ3v) is 0.928. The lowest BCUT2D eigenvalue weighted by atomic mass is 10.2. The first-order valence-electron chi connectivity index (χ1n) is 2.86. The van der Waals surface area contributed by atoms with Crippen LogP contribution in [0.1, 0.15) is 26.2 Å². The fourth-order valence-corrected chi connectivity index (χ4v) is 0.466. The summed E-state index contributed by atoms with van der Waals surface area (Å²) in [6.07, 6.45) is 3.50. The molecule has 1 unspecified atom stereocenters. The lowest BCUT2D eigenvalue weighted by Crippen LogP contribution is -2.14. The Morgan fingerprint density at radius 2 is 2.29 bits per heavy atom. The molecule has 0 bridgehead atoms. The first-order chi connectivity index (χ1) is 3.27. The summed E-state index contributed by atoms with van der Waals surface area (Å²) in [6.45, 7) is 5.81. The van der Waals surface area contributed by atoms with Crippen molar-refractivity contribution in [3.05, 3.63) is 6.92 Å². The zero-order valence-electron chi connectivity index (χ0n) is 4.98. The van der Waals surface area contributed by atoms with Gasteiger partial charge in [-0.3, -0.25) is 0 Å². The first kappa shape index (κ1) is 6.96. The van der Waals surface area contributed by atoms with Gasteiger partial charge >= 0.3 is 0 Å². The third kappa shape index (κ3) is 5.96. The highest BCUT2D eigenvalue weighted by Crippen LogP contribution is 1.94. The van der Waals surface area contributed by atoms with Gasteiger partial charge in [0.25, 0.3) is 0 Å². The van der Waals surface area contributed by atoms with E-state index < -0.39 is 0 Å². The topological polar surface area (TPSA) is 26.0 Å². The molecule has 0 rings (SSSR count). The monoisotopic (exact) mass is 100 g/mol. The maximum absolute atomic E-state index is 5.37. The van der Waals surface area contributed by atoms with Crippen molar-refractivity contribution in [3.63, 3.8) is 0 Å². The largest absolute Gasteiger partial charge is 0.328 e. The van der Waals surface area contributed by atoms with Gasteiger partial charge in [-0.15, -0.1) is 0 Å². The van der Waals surface area contributed by atoms with Crippen molar-refractivity contribution in [2.24, 2.45) is 5.73 Å². The van der Waals surface area contributed by atoms with E-state index in [9.17, 15) is 0 Å². The van der Waals surface area contributed by atoms with E-state index in [-0.39, 0.29) is 6.04 Å². The van der Waals surface area contributed by atoms with E-state index in [1.165, 1.54) is 12.8 Å². The van der Waals surface area contributed by atoms with E-state index >= 15 is 0 Å². The minimum absolute atomic E-state index is 0.153. The first-order valence-corrected chi connectivity index (χ1v) is 2.86. The van der Waals surface area contributed by atoms with Gasteiger partial charge in [0.1, 0.15) is 0 Å². The van der Waals surface area contributed by atoms with Crippen LogP contribution in [0.5, 0.6) is 0 Å². The van der Waals surface area contributed by atoms with Gasteiger partial charge in [0.2, 0.25) is 0 Å². The van der Waals surface area contributed by atoms with Gasteiger partial charge in [-0.2, -0.15) is 0 Å². The van der Waals surface area contributed by atoms with Gasteiger partial charge in [-0.25, -0.2) is 0 Å². The molecular formula is C6H14N. The molecule has 0 heterocycles. The van der Waals surface area contributed by atoms with Crippen molar-refractivity contribution in [2.75, 3.05) is 0 Å². The van der Waals surface area contributed by atoms with Gasteiger partial charge in [-0.1, -0.05) is 19.8 Å². The van der Waals surface area contributed by atoms with Crippen molar-refractivity contribution in [1.82, 2.24) is 0 Å². The number of unbranched alkanes of at least 4 members (excludes halogenated alkanes) is 1. The third-order valence-electron chi connectivity index (χ3n) is 0.928. The molecular weight excluding hydrogens is 86.1 g/mol. The minimum Gasteiger partial charge on any atom is -0.328 e. The molecule has 0 aliphatic heterocycles. The van der Waals surface area contributed by atoms with Crippen LogP contribution in [-0.4, -0.2) is 6.04 Å². The molecule has 0 saturated carbocycles. The Morgan fingerprint density at radius 3 is 2.43 bits per heavy atom. The summed E-state index contributed by atoms with van der Waals surface area (Å²) >= 11 is 0. The molecule has 0 aromatic carbocycles. The van der Waals surface area contributed by atoms with Gasteiger partial charge in [0.15, 0.2) is 0 Å². The van der Waals surface area contributed by atoms with Crippen LogP contribution in [0.2, 0.25) is 0 Å².